The summed E-state index contributed by atoms with van der Waals surface area (Å²) in [5.74, 6) is -0.287. The molecule has 1 aromatic heterocycles. The zero-order chi connectivity index (χ0) is 22.6. The van der Waals surface area contributed by atoms with Crippen molar-refractivity contribution in [2.45, 2.75) is 64.1 Å². The Morgan fingerprint density at radius 3 is 2.35 bits per heavy atom. The Kier molecular flexibility index (Phi) is 6.40. The quantitative estimate of drug-likeness (QED) is 0.391. The highest BCUT2D eigenvalue weighted by Crippen LogP contribution is 2.34. The molecule has 0 bridgehead atoms. The second-order valence-corrected chi connectivity index (χ2v) is 9.15. The highest BCUT2D eigenvalue weighted by Gasteiger charge is 2.38. The van der Waals surface area contributed by atoms with Crippen molar-refractivity contribution in [3.8, 4) is 0 Å². The predicted octanol–water partition coefficient (Wildman–Crippen LogP) is 2.79. The van der Waals surface area contributed by atoms with Gasteiger partial charge in [0.25, 0.3) is 0 Å². The standard InChI is InChI=1S/C21H29N7O3/c1-20(2)11-15(12-21(3,4)27-20)24-18-17(28(30)31)19(23-13-22-18)26-25-16(29)10-14-8-6-5-7-9-14/h5-9,13,15,27H,10-12H2,1-4H3,(H,25,29)(H2,22,23,24,26). The number of hydrazine groups is 1. The third-order valence-corrected chi connectivity index (χ3v) is 5.06. The molecule has 10 heteroatoms. The summed E-state index contributed by atoms with van der Waals surface area (Å²) >= 11 is 0. The van der Waals surface area contributed by atoms with E-state index in [0.29, 0.717) is 0 Å². The molecule has 1 amide bonds. The normalized spacial score (nSPS) is 17.5. The van der Waals surface area contributed by atoms with Gasteiger partial charge in [0.05, 0.1) is 11.3 Å². The molecular weight excluding hydrogens is 398 g/mol. The lowest BCUT2D eigenvalue weighted by molar-refractivity contribution is -0.383. The van der Waals surface area contributed by atoms with Gasteiger partial charge in [-0.05, 0) is 46.1 Å². The van der Waals surface area contributed by atoms with Gasteiger partial charge < -0.3 is 10.6 Å². The monoisotopic (exact) mass is 427 g/mol. The molecule has 1 aliphatic rings. The molecule has 0 spiro atoms. The minimum absolute atomic E-state index is 0.0135. The van der Waals surface area contributed by atoms with E-state index in [1.54, 1.807) is 0 Å². The van der Waals surface area contributed by atoms with Crippen molar-refractivity contribution >= 4 is 23.2 Å². The molecule has 1 saturated heterocycles. The third-order valence-electron chi connectivity index (χ3n) is 5.06. The van der Waals surface area contributed by atoms with E-state index in [-0.39, 0.29) is 46.8 Å². The second-order valence-electron chi connectivity index (χ2n) is 9.15. The molecule has 31 heavy (non-hydrogen) atoms. The lowest BCUT2D eigenvalue weighted by Gasteiger charge is -2.46. The molecule has 1 fully saturated rings. The summed E-state index contributed by atoms with van der Waals surface area (Å²) < 4.78 is 0. The Balaban J connectivity index is 1.73. The Hall–Kier alpha value is -3.27. The summed E-state index contributed by atoms with van der Waals surface area (Å²) in [4.78, 5) is 31.5. The fourth-order valence-corrected chi connectivity index (χ4v) is 4.32. The largest absolute Gasteiger partial charge is 0.361 e. The number of amides is 1. The van der Waals surface area contributed by atoms with Gasteiger partial charge in [0, 0.05) is 17.1 Å². The molecule has 0 atom stereocenters. The average Bonchev–Trinajstić information content (AvgIpc) is 2.64. The number of nitro groups is 1. The van der Waals surface area contributed by atoms with E-state index in [0.717, 1.165) is 18.4 Å². The first-order valence-electron chi connectivity index (χ1n) is 10.2. The fraction of sp³-hybridized carbons (Fsp3) is 0.476. The SMILES string of the molecule is CC1(C)CC(Nc2ncnc(NNC(=O)Cc3ccccc3)c2[N+](=O)[O-])CC(C)(C)N1. The molecule has 2 heterocycles. The summed E-state index contributed by atoms with van der Waals surface area (Å²) in [5.41, 5.74) is 5.32. The molecule has 1 aromatic carbocycles. The second kappa shape index (κ2) is 8.84. The van der Waals surface area contributed by atoms with Gasteiger partial charge >= 0.3 is 5.69 Å². The summed E-state index contributed by atoms with van der Waals surface area (Å²) in [5, 5.41) is 18.6. The van der Waals surface area contributed by atoms with E-state index >= 15 is 0 Å². The molecule has 2 aromatic rings. The van der Waals surface area contributed by atoms with Crippen LogP contribution < -0.4 is 21.5 Å². The van der Waals surface area contributed by atoms with Crippen molar-refractivity contribution in [1.82, 2.24) is 20.7 Å². The van der Waals surface area contributed by atoms with Crippen LogP contribution in [0.25, 0.3) is 0 Å². The highest BCUT2D eigenvalue weighted by molar-refractivity contribution is 5.81. The van der Waals surface area contributed by atoms with Gasteiger partial charge in [-0.2, -0.15) is 0 Å². The molecule has 10 nitrogen and oxygen atoms in total. The van der Waals surface area contributed by atoms with Gasteiger partial charge in [-0.1, -0.05) is 30.3 Å². The number of aromatic nitrogens is 2. The maximum Gasteiger partial charge on any atom is 0.354 e. The van der Waals surface area contributed by atoms with Crippen LogP contribution in [0, 0.1) is 10.1 Å². The van der Waals surface area contributed by atoms with Crippen molar-refractivity contribution in [3.63, 3.8) is 0 Å². The van der Waals surface area contributed by atoms with Crippen LogP contribution in [0.1, 0.15) is 46.1 Å². The number of nitrogens with zero attached hydrogens (tertiary/aromatic N) is 3. The number of rotatable bonds is 7. The number of piperidine rings is 1. The van der Waals surface area contributed by atoms with Crippen LogP contribution in [-0.2, 0) is 11.2 Å². The summed E-state index contributed by atoms with van der Waals surface area (Å²) in [6.07, 6.45) is 2.91. The third kappa shape index (κ3) is 6.11. The van der Waals surface area contributed by atoms with E-state index in [4.69, 9.17) is 0 Å². The molecular formula is C21H29N7O3. The molecule has 1 aliphatic heterocycles. The summed E-state index contributed by atoms with van der Waals surface area (Å²) in [7, 11) is 0. The van der Waals surface area contributed by atoms with Crippen LogP contribution >= 0.6 is 0 Å². The number of carbonyl (C=O) groups is 1. The lowest BCUT2D eigenvalue weighted by Crippen LogP contribution is -2.60. The van der Waals surface area contributed by atoms with Crippen LogP contribution in [0.15, 0.2) is 36.7 Å². The van der Waals surface area contributed by atoms with Gasteiger partial charge in [0.2, 0.25) is 17.5 Å². The molecule has 0 saturated carbocycles. The van der Waals surface area contributed by atoms with E-state index in [9.17, 15) is 14.9 Å². The average molecular weight is 428 g/mol. The number of hydrogen-bond acceptors (Lipinski definition) is 8. The predicted molar refractivity (Wildman–Crippen MR) is 119 cm³/mol. The van der Waals surface area contributed by atoms with Crippen molar-refractivity contribution in [2.75, 3.05) is 10.7 Å². The number of benzene rings is 1. The molecule has 166 valence electrons. The maximum atomic E-state index is 12.2. The first-order valence-corrected chi connectivity index (χ1v) is 10.2. The molecule has 0 aliphatic carbocycles. The summed E-state index contributed by atoms with van der Waals surface area (Å²) in [6.45, 7) is 8.41. The molecule has 0 unspecified atom stereocenters. The molecule has 4 N–H and O–H groups in total. The van der Waals surface area contributed by atoms with E-state index in [1.807, 2.05) is 30.3 Å². The van der Waals surface area contributed by atoms with Gasteiger partial charge in [0.15, 0.2) is 0 Å². The van der Waals surface area contributed by atoms with E-state index in [2.05, 4.69) is 59.1 Å². The Bertz CT molecular complexity index is 931. The Morgan fingerprint density at radius 2 is 1.74 bits per heavy atom. The van der Waals surface area contributed by atoms with E-state index in [1.165, 1.54) is 6.33 Å². The number of nitrogens with one attached hydrogen (secondary N) is 4. The van der Waals surface area contributed by atoms with Crippen molar-refractivity contribution in [2.24, 2.45) is 0 Å². The Morgan fingerprint density at radius 1 is 1.13 bits per heavy atom. The smallest absolute Gasteiger partial charge is 0.354 e. The van der Waals surface area contributed by atoms with Crippen LogP contribution in [0.3, 0.4) is 0 Å². The van der Waals surface area contributed by atoms with Crippen LogP contribution in [-0.4, -0.2) is 37.9 Å². The van der Waals surface area contributed by atoms with Gasteiger partial charge in [-0.15, -0.1) is 0 Å². The maximum absolute atomic E-state index is 12.2. The van der Waals surface area contributed by atoms with Crippen molar-refractivity contribution in [1.29, 1.82) is 0 Å². The van der Waals surface area contributed by atoms with Gasteiger partial charge in [-0.25, -0.2) is 9.97 Å². The first-order chi connectivity index (χ1) is 14.5. The minimum Gasteiger partial charge on any atom is -0.361 e. The molecule has 0 radical (unpaired) electrons. The van der Waals surface area contributed by atoms with Crippen molar-refractivity contribution in [3.05, 3.63) is 52.3 Å². The highest BCUT2D eigenvalue weighted by atomic mass is 16.6. The zero-order valence-electron chi connectivity index (χ0n) is 18.2. The van der Waals surface area contributed by atoms with E-state index < -0.39 is 4.92 Å². The zero-order valence-corrected chi connectivity index (χ0v) is 18.2. The first kappa shape index (κ1) is 22.4. The topological polar surface area (TPSA) is 134 Å². The van der Waals surface area contributed by atoms with Crippen LogP contribution in [0.4, 0.5) is 17.3 Å². The van der Waals surface area contributed by atoms with Crippen molar-refractivity contribution < 1.29 is 9.72 Å². The summed E-state index contributed by atoms with van der Waals surface area (Å²) in [6, 6.07) is 9.19. The van der Waals surface area contributed by atoms with Crippen LogP contribution in [0.2, 0.25) is 0 Å². The van der Waals surface area contributed by atoms with Gasteiger partial charge in [0.1, 0.15) is 6.33 Å². The fourth-order valence-electron chi connectivity index (χ4n) is 4.32. The Labute approximate surface area is 181 Å². The number of hydrogen-bond donors (Lipinski definition) is 4. The minimum atomic E-state index is -0.550. The molecule has 3 rings (SSSR count). The number of anilines is 2. The lowest BCUT2D eigenvalue weighted by atomic mass is 9.79. The van der Waals surface area contributed by atoms with Crippen LogP contribution in [0.5, 0.6) is 0 Å². The number of carbonyl (C=O) groups excluding carboxylic acids is 1. The van der Waals surface area contributed by atoms with Gasteiger partial charge in [-0.3, -0.25) is 25.8 Å².